The topological polar surface area (TPSA) is 62.3 Å². The summed E-state index contributed by atoms with van der Waals surface area (Å²) in [5.41, 5.74) is 0.225. The summed E-state index contributed by atoms with van der Waals surface area (Å²) in [6.07, 6.45) is 6.35. The van der Waals surface area contributed by atoms with Crippen LogP contribution < -0.4 is 10.2 Å². The van der Waals surface area contributed by atoms with E-state index in [1.54, 1.807) is 6.20 Å². The molecular weight excluding hydrogens is 250 g/mol. The molecule has 1 saturated heterocycles. The molecule has 2 aliphatic rings. The fourth-order valence-corrected chi connectivity index (χ4v) is 3.55. The molecule has 1 N–H and O–H groups in total. The summed E-state index contributed by atoms with van der Waals surface area (Å²) in [6.45, 7) is 1.87. The molecule has 3 rings (SSSR count). The van der Waals surface area contributed by atoms with Crippen molar-refractivity contribution in [1.82, 2.24) is 9.69 Å². The van der Waals surface area contributed by atoms with Gasteiger partial charge in [-0.15, -0.1) is 0 Å². The van der Waals surface area contributed by atoms with Gasteiger partial charge >= 0.3 is 6.03 Å². The zero-order valence-corrected chi connectivity index (χ0v) is 11.0. The lowest BCUT2D eigenvalue weighted by molar-refractivity contribution is -0.123. The Bertz CT molecular complexity index is 505. The number of hydrogen-bond donors (Lipinski definition) is 1. The molecule has 6 heteroatoms. The monoisotopic (exact) mass is 265 g/mol. The molecule has 5 nitrogen and oxygen atoms in total. The molecule has 1 aromatic rings. The standard InChI is InChI=1S/C12H15N3O2S/c1-8-7-13-18-9(8)15-10(16)12(14-11(15)17)5-3-2-4-6-12/h7H,2-6H2,1H3,(H,14,17). The predicted octanol–water partition coefficient (Wildman–Crippen LogP) is 2.21. The van der Waals surface area contributed by atoms with E-state index in [9.17, 15) is 9.59 Å². The Morgan fingerprint density at radius 1 is 1.33 bits per heavy atom. The number of nitrogens with zero attached hydrogens (tertiary/aromatic N) is 2. The van der Waals surface area contributed by atoms with Crippen molar-refractivity contribution in [2.75, 3.05) is 4.90 Å². The molecular formula is C12H15N3O2S. The van der Waals surface area contributed by atoms with Crippen LogP contribution in [0.3, 0.4) is 0 Å². The van der Waals surface area contributed by atoms with Crippen LogP contribution in [0, 0.1) is 6.92 Å². The predicted molar refractivity (Wildman–Crippen MR) is 68.7 cm³/mol. The highest BCUT2D eigenvalue weighted by Gasteiger charge is 2.52. The fraction of sp³-hybridized carbons (Fsp3) is 0.583. The molecule has 0 bridgehead atoms. The highest BCUT2D eigenvalue weighted by atomic mass is 32.1. The maximum absolute atomic E-state index is 12.6. The number of rotatable bonds is 1. The van der Waals surface area contributed by atoms with Crippen molar-refractivity contribution in [3.63, 3.8) is 0 Å². The number of nitrogens with one attached hydrogen (secondary N) is 1. The third-order valence-electron chi connectivity index (χ3n) is 3.79. The highest BCUT2D eigenvalue weighted by Crippen LogP contribution is 2.37. The second-order valence-electron chi connectivity index (χ2n) is 5.03. The molecule has 1 saturated carbocycles. The summed E-state index contributed by atoms with van der Waals surface area (Å²) in [5, 5.41) is 3.55. The van der Waals surface area contributed by atoms with Crippen molar-refractivity contribution in [2.24, 2.45) is 0 Å². The lowest BCUT2D eigenvalue weighted by Crippen LogP contribution is -2.48. The van der Waals surface area contributed by atoms with Crippen molar-refractivity contribution >= 4 is 28.5 Å². The Balaban J connectivity index is 1.96. The molecule has 1 aliphatic heterocycles. The maximum atomic E-state index is 12.6. The summed E-state index contributed by atoms with van der Waals surface area (Å²) in [5.74, 6) is -0.0976. The van der Waals surface area contributed by atoms with Crippen LogP contribution in [0.25, 0.3) is 0 Å². The van der Waals surface area contributed by atoms with Crippen molar-refractivity contribution in [3.8, 4) is 0 Å². The number of imide groups is 1. The minimum Gasteiger partial charge on any atom is -0.323 e. The van der Waals surface area contributed by atoms with Gasteiger partial charge in [-0.3, -0.25) is 4.79 Å². The Morgan fingerprint density at radius 3 is 2.67 bits per heavy atom. The van der Waals surface area contributed by atoms with E-state index in [1.807, 2.05) is 6.92 Å². The molecule has 0 radical (unpaired) electrons. The smallest absolute Gasteiger partial charge is 0.323 e. The van der Waals surface area contributed by atoms with E-state index in [2.05, 4.69) is 9.69 Å². The first-order valence-electron chi connectivity index (χ1n) is 6.22. The molecule has 1 aromatic heterocycles. The van der Waals surface area contributed by atoms with Crippen LogP contribution in [-0.2, 0) is 4.79 Å². The SMILES string of the molecule is Cc1cnsc1N1C(=O)NC2(CCCCC2)C1=O. The summed E-state index contributed by atoms with van der Waals surface area (Å²) < 4.78 is 4.04. The second kappa shape index (κ2) is 4.05. The molecule has 0 atom stereocenters. The summed E-state index contributed by atoms with van der Waals surface area (Å²) in [4.78, 5) is 25.9. The minimum absolute atomic E-state index is 0.0976. The minimum atomic E-state index is -0.647. The number of hydrogen-bond acceptors (Lipinski definition) is 4. The third-order valence-corrected chi connectivity index (χ3v) is 4.68. The number of urea groups is 1. The van der Waals surface area contributed by atoms with Crippen molar-refractivity contribution in [3.05, 3.63) is 11.8 Å². The van der Waals surface area contributed by atoms with Gasteiger partial charge in [-0.2, -0.15) is 4.37 Å². The summed E-state index contributed by atoms with van der Waals surface area (Å²) in [6, 6.07) is -0.297. The molecule has 0 unspecified atom stereocenters. The van der Waals surface area contributed by atoms with Gasteiger partial charge in [0, 0.05) is 11.8 Å². The van der Waals surface area contributed by atoms with E-state index < -0.39 is 5.54 Å². The van der Waals surface area contributed by atoms with E-state index in [4.69, 9.17) is 0 Å². The molecule has 96 valence electrons. The van der Waals surface area contributed by atoms with Crippen LogP contribution >= 0.6 is 11.5 Å². The largest absolute Gasteiger partial charge is 0.330 e. The molecule has 3 amide bonds. The number of carbonyl (C=O) groups excluding carboxylic acids is 2. The Labute approximate surface area is 109 Å². The van der Waals surface area contributed by atoms with Gasteiger partial charge in [0.1, 0.15) is 10.5 Å². The van der Waals surface area contributed by atoms with Crippen molar-refractivity contribution < 1.29 is 9.59 Å². The van der Waals surface area contributed by atoms with Gasteiger partial charge < -0.3 is 5.32 Å². The van der Waals surface area contributed by atoms with Gasteiger partial charge in [-0.1, -0.05) is 19.3 Å². The molecule has 1 spiro atoms. The summed E-state index contributed by atoms with van der Waals surface area (Å²) in [7, 11) is 0. The van der Waals surface area contributed by atoms with Crippen LogP contribution in [0.5, 0.6) is 0 Å². The third kappa shape index (κ3) is 1.55. The molecule has 0 aromatic carbocycles. The van der Waals surface area contributed by atoms with Crippen molar-refractivity contribution in [2.45, 2.75) is 44.6 Å². The van der Waals surface area contributed by atoms with Crippen LogP contribution in [0.2, 0.25) is 0 Å². The Hall–Kier alpha value is -1.43. The van der Waals surface area contributed by atoms with Gasteiger partial charge in [0.15, 0.2) is 0 Å². The fourth-order valence-electron chi connectivity index (χ4n) is 2.80. The zero-order chi connectivity index (χ0) is 12.8. The first kappa shape index (κ1) is 11.6. The number of anilines is 1. The van der Waals surface area contributed by atoms with Gasteiger partial charge in [0.25, 0.3) is 5.91 Å². The zero-order valence-electron chi connectivity index (χ0n) is 10.2. The lowest BCUT2D eigenvalue weighted by Gasteiger charge is -2.30. The Morgan fingerprint density at radius 2 is 2.06 bits per heavy atom. The molecule has 2 fully saturated rings. The van der Waals surface area contributed by atoms with E-state index in [1.165, 1.54) is 16.4 Å². The second-order valence-corrected chi connectivity index (χ2v) is 5.81. The average Bonchev–Trinajstić information content (AvgIpc) is 2.85. The van der Waals surface area contributed by atoms with Crippen LogP contribution in [-0.4, -0.2) is 21.9 Å². The first-order valence-corrected chi connectivity index (χ1v) is 6.99. The van der Waals surface area contributed by atoms with E-state index >= 15 is 0 Å². The van der Waals surface area contributed by atoms with Crippen LogP contribution in [0.15, 0.2) is 6.20 Å². The van der Waals surface area contributed by atoms with E-state index in [0.717, 1.165) is 37.7 Å². The van der Waals surface area contributed by atoms with Gasteiger partial charge in [-0.25, -0.2) is 9.69 Å². The number of carbonyl (C=O) groups is 2. The molecule has 18 heavy (non-hydrogen) atoms. The Kier molecular flexibility index (Phi) is 2.62. The molecule has 1 aliphatic carbocycles. The maximum Gasteiger partial charge on any atom is 0.330 e. The quantitative estimate of drug-likeness (QED) is 0.792. The van der Waals surface area contributed by atoms with Crippen LogP contribution in [0.1, 0.15) is 37.7 Å². The number of amides is 3. The van der Waals surface area contributed by atoms with Gasteiger partial charge in [-0.05, 0) is 31.3 Å². The van der Waals surface area contributed by atoms with Crippen molar-refractivity contribution in [1.29, 1.82) is 0 Å². The number of aromatic nitrogens is 1. The van der Waals surface area contributed by atoms with E-state index in [-0.39, 0.29) is 11.9 Å². The van der Waals surface area contributed by atoms with Gasteiger partial charge in [0.2, 0.25) is 0 Å². The van der Waals surface area contributed by atoms with Gasteiger partial charge in [0.05, 0.1) is 0 Å². The molecule has 2 heterocycles. The first-order chi connectivity index (χ1) is 8.64. The summed E-state index contributed by atoms with van der Waals surface area (Å²) >= 11 is 1.20. The van der Waals surface area contributed by atoms with E-state index in [0.29, 0.717) is 5.00 Å². The van der Waals surface area contributed by atoms with Crippen LogP contribution in [0.4, 0.5) is 9.80 Å². The lowest BCUT2D eigenvalue weighted by atomic mass is 9.82. The normalized spacial score (nSPS) is 22.6. The number of aryl methyl sites for hydroxylation is 1. The average molecular weight is 265 g/mol. The highest BCUT2D eigenvalue weighted by molar-refractivity contribution is 7.10.